The number of benzene rings is 2. The van der Waals surface area contributed by atoms with E-state index < -0.39 is 6.10 Å². The minimum absolute atomic E-state index is 0.0429. The van der Waals surface area contributed by atoms with Crippen LogP contribution in [0.15, 0.2) is 54.6 Å². The third-order valence-electron chi connectivity index (χ3n) is 3.19. The Balaban J connectivity index is 1.95. The van der Waals surface area contributed by atoms with Gasteiger partial charge >= 0.3 is 0 Å². The molecule has 0 unspecified atom stereocenters. The summed E-state index contributed by atoms with van der Waals surface area (Å²) in [4.78, 5) is 0. The van der Waals surface area contributed by atoms with Crippen LogP contribution in [0, 0.1) is 0 Å². The van der Waals surface area contributed by atoms with Crippen LogP contribution in [-0.2, 0) is 6.54 Å². The van der Waals surface area contributed by atoms with Crippen molar-refractivity contribution in [1.82, 2.24) is 5.32 Å². The van der Waals surface area contributed by atoms with Gasteiger partial charge in [0.15, 0.2) is 0 Å². The van der Waals surface area contributed by atoms with Crippen LogP contribution >= 0.6 is 11.6 Å². The highest BCUT2D eigenvalue weighted by Crippen LogP contribution is 2.18. The van der Waals surface area contributed by atoms with Crippen molar-refractivity contribution in [2.75, 3.05) is 0 Å². The summed E-state index contributed by atoms with van der Waals surface area (Å²) in [6, 6.07) is 17.3. The first-order valence-electron chi connectivity index (χ1n) is 6.38. The molecule has 3 heteroatoms. The van der Waals surface area contributed by atoms with E-state index in [-0.39, 0.29) is 6.04 Å². The van der Waals surface area contributed by atoms with Crippen LogP contribution in [0.1, 0.15) is 24.2 Å². The van der Waals surface area contributed by atoms with Crippen molar-refractivity contribution < 1.29 is 5.11 Å². The SMILES string of the molecule is C[C@@H](NCc1ccccc1Cl)[C@@H](O)c1ccccc1. The summed E-state index contributed by atoms with van der Waals surface area (Å²) < 4.78 is 0. The van der Waals surface area contributed by atoms with E-state index in [1.54, 1.807) is 0 Å². The quantitative estimate of drug-likeness (QED) is 0.875. The molecule has 0 heterocycles. The lowest BCUT2D eigenvalue weighted by Crippen LogP contribution is -2.31. The van der Waals surface area contributed by atoms with E-state index in [1.165, 1.54) is 0 Å². The van der Waals surface area contributed by atoms with Gasteiger partial charge in [-0.15, -0.1) is 0 Å². The van der Waals surface area contributed by atoms with Gasteiger partial charge in [0.2, 0.25) is 0 Å². The molecule has 0 amide bonds. The molecule has 2 aromatic rings. The number of hydrogen-bond acceptors (Lipinski definition) is 2. The molecule has 0 saturated heterocycles. The normalized spacial score (nSPS) is 14.1. The Morgan fingerprint density at radius 2 is 1.68 bits per heavy atom. The summed E-state index contributed by atoms with van der Waals surface area (Å²) in [6.07, 6.45) is -0.524. The Bertz CT molecular complexity index is 515. The minimum Gasteiger partial charge on any atom is -0.387 e. The number of rotatable bonds is 5. The van der Waals surface area contributed by atoms with Crippen LogP contribution in [0.3, 0.4) is 0 Å². The predicted molar refractivity (Wildman–Crippen MR) is 79.2 cm³/mol. The zero-order valence-electron chi connectivity index (χ0n) is 10.9. The van der Waals surface area contributed by atoms with Crippen molar-refractivity contribution in [1.29, 1.82) is 0 Å². The van der Waals surface area contributed by atoms with Gasteiger partial charge in [-0.25, -0.2) is 0 Å². The Morgan fingerprint density at radius 1 is 1.05 bits per heavy atom. The molecule has 2 aromatic carbocycles. The number of nitrogens with one attached hydrogen (secondary N) is 1. The average Bonchev–Trinajstić information content (AvgIpc) is 2.46. The summed E-state index contributed by atoms with van der Waals surface area (Å²) in [5.41, 5.74) is 1.96. The predicted octanol–water partition coefficient (Wildman–Crippen LogP) is 3.55. The Hall–Kier alpha value is -1.35. The first kappa shape index (κ1) is 14.1. The first-order valence-corrected chi connectivity index (χ1v) is 6.76. The second kappa shape index (κ2) is 6.71. The Morgan fingerprint density at radius 3 is 2.37 bits per heavy atom. The average molecular weight is 276 g/mol. The fraction of sp³-hybridized carbons (Fsp3) is 0.250. The van der Waals surface area contributed by atoms with E-state index in [0.717, 1.165) is 16.1 Å². The van der Waals surface area contributed by atoms with Crippen LogP contribution in [0.4, 0.5) is 0 Å². The van der Waals surface area contributed by atoms with Crippen LogP contribution in [0.2, 0.25) is 5.02 Å². The van der Waals surface area contributed by atoms with Crippen molar-refractivity contribution in [2.45, 2.75) is 25.6 Å². The van der Waals surface area contributed by atoms with Gasteiger partial charge in [0.1, 0.15) is 0 Å². The van der Waals surface area contributed by atoms with Gasteiger partial charge in [0.25, 0.3) is 0 Å². The summed E-state index contributed by atoms with van der Waals surface area (Å²) in [7, 11) is 0. The Kier molecular flexibility index (Phi) is 4.97. The van der Waals surface area contributed by atoms with Gasteiger partial charge < -0.3 is 10.4 Å². The molecule has 2 rings (SSSR count). The molecule has 0 aliphatic heterocycles. The first-order chi connectivity index (χ1) is 9.18. The van der Waals surface area contributed by atoms with E-state index in [1.807, 2.05) is 61.5 Å². The van der Waals surface area contributed by atoms with Gasteiger partial charge in [-0.2, -0.15) is 0 Å². The maximum absolute atomic E-state index is 10.2. The molecule has 0 fully saturated rings. The molecule has 2 atom stereocenters. The highest BCUT2D eigenvalue weighted by Gasteiger charge is 2.15. The van der Waals surface area contributed by atoms with Gasteiger partial charge in [-0.05, 0) is 24.1 Å². The largest absolute Gasteiger partial charge is 0.387 e. The fourth-order valence-electron chi connectivity index (χ4n) is 1.96. The zero-order chi connectivity index (χ0) is 13.7. The van der Waals surface area contributed by atoms with Crippen molar-refractivity contribution in [3.8, 4) is 0 Å². The monoisotopic (exact) mass is 275 g/mol. The molecular weight excluding hydrogens is 258 g/mol. The van der Waals surface area contributed by atoms with E-state index >= 15 is 0 Å². The molecule has 2 nitrogen and oxygen atoms in total. The molecule has 0 radical (unpaired) electrons. The van der Waals surface area contributed by atoms with Gasteiger partial charge in [0, 0.05) is 17.6 Å². The number of aliphatic hydroxyl groups excluding tert-OH is 1. The lowest BCUT2D eigenvalue weighted by Gasteiger charge is -2.21. The highest BCUT2D eigenvalue weighted by atomic mass is 35.5. The van der Waals surface area contributed by atoms with Crippen molar-refractivity contribution in [2.24, 2.45) is 0 Å². The number of halogens is 1. The maximum Gasteiger partial charge on any atom is 0.0940 e. The molecule has 0 aliphatic carbocycles. The summed E-state index contributed by atoms with van der Waals surface area (Å²) in [5, 5.41) is 14.3. The smallest absolute Gasteiger partial charge is 0.0940 e. The second-order valence-electron chi connectivity index (χ2n) is 4.62. The summed E-state index contributed by atoms with van der Waals surface area (Å²) in [5.74, 6) is 0. The standard InChI is InChI=1S/C16H18ClNO/c1-12(16(19)13-7-3-2-4-8-13)18-11-14-9-5-6-10-15(14)17/h2-10,12,16,18-19H,11H2,1H3/t12-,16-/m1/s1. The van der Waals surface area contributed by atoms with Gasteiger partial charge in [0.05, 0.1) is 6.10 Å². The molecule has 100 valence electrons. The third kappa shape index (κ3) is 3.80. The molecule has 0 saturated carbocycles. The van der Waals surface area contributed by atoms with Crippen LogP contribution in [-0.4, -0.2) is 11.1 Å². The van der Waals surface area contributed by atoms with E-state index in [4.69, 9.17) is 11.6 Å². The highest BCUT2D eigenvalue weighted by molar-refractivity contribution is 6.31. The molecule has 0 bridgehead atoms. The van der Waals surface area contributed by atoms with E-state index in [2.05, 4.69) is 5.32 Å². The van der Waals surface area contributed by atoms with Crippen LogP contribution in [0.25, 0.3) is 0 Å². The van der Waals surface area contributed by atoms with Crippen LogP contribution < -0.4 is 5.32 Å². The molecule has 0 aliphatic rings. The van der Waals surface area contributed by atoms with Crippen molar-refractivity contribution in [3.05, 3.63) is 70.7 Å². The van der Waals surface area contributed by atoms with Gasteiger partial charge in [-0.1, -0.05) is 60.1 Å². The van der Waals surface area contributed by atoms with E-state index in [0.29, 0.717) is 6.54 Å². The molecule has 0 spiro atoms. The Labute approximate surface area is 119 Å². The summed E-state index contributed by atoms with van der Waals surface area (Å²) >= 11 is 6.10. The lowest BCUT2D eigenvalue weighted by molar-refractivity contribution is 0.135. The van der Waals surface area contributed by atoms with Crippen molar-refractivity contribution >= 4 is 11.6 Å². The van der Waals surface area contributed by atoms with Crippen LogP contribution in [0.5, 0.6) is 0 Å². The number of aliphatic hydroxyl groups is 1. The zero-order valence-corrected chi connectivity index (χ0v) is 11.6. The second-order valence-corrected chi connectivity index (χ2v) is 5.02. The maximum atomic E-state index is 10.2. The summed E-state index contributed by atoms with van der Waals surface area (Å²) in [6.45, 7) is 2.61. The topological polar surface area (TPSA) is 32.3 Å². The molecule has 19 heavy (non-hydrogen) atoms. The fourth-order valence-corrected chi connectivity index (χ4v) is 2.17. The van der Waals surface area contributed by atoms with Crippen molar-refractivity contribution in [3.63, 3.8) is 0 Å². The minimum atomic E-state index is -0.524. The van der Waals surface area contributed by atoms with E-state index in [9.17, 15) is 5.11 Å². The van der Waals surface area contributed by atoms with Gasteiger partial charge in [-0.3, -0.25) is 0 Å². The molecule has 2 N–H and O–H groups in total. The lowest BCUT2D eigenvalue weighted by atomic mass is 10.0. The molecular formula is C16H18ClNO. The molecule has 0 aromatic heterocycles. The number of hydrogen-bond donors (Lipinski definition) is 2. The third-order valence-corrected chi connectivity index (χ3v) is 3.56.